The van der Waals surface area contributed by atoms with Gasteiger partial charge in [-0.25, -0.2) is 18.4 Å². The van der Waals surface area contributed by atoms with Crippen LogP contribution in [0.3, 0.4) is 0 Å². The van der Waals surface area contributed by atoms with Gasteiger partial charge in [-0.15, -0.1) is 0 Å². The smallest absolute Gasteiger partial charge is 0.171 e. The van der Waals surface area contributed by atoms with Crippen LogP contribution in [-0.2, 0) is 9.84 Å². The summed E-state index contributed by atoms with van der Waals surface area (Å²) in [4.78, 5) is 9.07. The number of aromatic nitrogens is 3. The zero-order chi connectivity index (χ0) is 14.4. The largest absolute Gasteiger partial charge is 0.307 e. The van der Waals surface area contributed by atoms with E-state index in [1.54, 1.807) is 6.20 Å². The Kier molecular flexibility index (Phi) is 3.00. The highest BCUT2D eigenvalue weighted by Gasteiger charge is 2.37. The molecule has 0 bridgehead atoms. The molecule has 2 atom stereocenters. The molecule has 0 aromatic carbocycles. The number of imidazole rings is 1. The Bertz CT molecular complexity index is 777. The number of fused-ring (bicyclic) bond motifs is 1. The Balaban J connectivity index is 1.94. The molecule has 2 aromatic rings. The lowest BCUT2D eigenvalue weighted by Gasteiger charge is -2.18. The van der Waals surface area contributed by atoms with Crippen molar-refractivity contribution in [2.24, 2.45) is 0 Å². The molecule has 1 N–H and O–H groups in total. The van der Waals surface area contributed by atoms with Gasteiger partial charge < -0.3 is 5.32 Å². The minimum absolute atomic E-state index is 0.134. The van der Waals surface area contributed by atoms with Crippen LogP contribution < -0.4 is 5.32 Å². The fourth-order valence-corrected chi connectivity index (χ4v) is 5.34. The van der Waals surface area contributed by atoms with E-state index < -0.39 is 15.2 Å². The molecule has 21 heavy (non-hydrogen) atoms. The summed E-state index contributed by atoms with van der Waals surface area (Å²) < 4.78 is 26.6. The molecule has 4 rings (SSSR count). The molecule has 0 saturated carbocycles. The molecule has 0 amide bonds. The van der Waals surface area contributed by atoms with Crippen LogP contribution in [0.1, 0.15) is 42.9 Å². The average Bonchev–Trinajstić information content (AvgIpc) is 3.15. The topological polar surface area (TPSA) is 76.9 Å². The Morgan fingerprint density at radius 3 is 2.90 bits per heavy atom. The number of hydrogen-bond acceptors (Lipinski definition) is 5. The molecule has 6 nitrogen and oxygen atoms in total. The van der Waals surface area contributed by atoms with Crippen molar-refractivity contribution in [3.8, 4) is 0 Å². The third-order valence-electron chi connectivity index (χ3n) is 4.43. The first-order chi connectivity index (χ1) is 10.2. The van der Waals surface area contributed by atoms with Gasteiger partial charge in [0.2, 0.25) is 0 Å². The molecule has 0 spiro atoms. The molecule has 0 radical (unpaired) electrons. The summed E-state index contributed by atoms with van der Waals surface area (Å²) in [5.41, 5.74) is 1.47. The van der Waals surface area contributed by atoms with Gasteiger partial charge in [-0.2, -0.15) is 0 Å². The Morgan fingerprint density at radius 1 is 1.29 bits per heavy atom. The summed E-state index contributed by atoms with van der Waals surface area (Å²) in [5.74, 6) is 1.10. The first kappa shape index (κ1) is 13.2. The average molecular weight is 306 g/mol. The second-order valence-corrected chi connectivity index (χ2v) is 8.08. The Hall–Kier alpha value is -1.47. The van der Waals surface area contributed by atoms with Crippen LogP contribution in [0, 0.1) is 0 Å². The highest BCUT2D eigenvalue weighted by Crippen LogP contribution is 2.36. The lowest BCUT2D eigenvalue weighted by Crippen LogP contribution is -2.23. The lowest BCUT2D eigenvalue weighted by atomic mass is 10.2. The molecule has 2 aliphatic heterocycles. The van der Waals surface area contributed by atoms with Crippen molar-refractivity contribution in [2.45, 2.75) is 37.1 Å². The quantitative estimate of drug-likeness (QED) is 0.911. The zero-order valence-electron chi connectivity index (χ0n) is 11.7. The summed E-state index contributed by atoms with van der Waals surface area (Å²) in [6.45, 7) is 0.957. The van der Waals surface area contributed by atoms with Gasteiger partial charge in [0.1, 0.15) is 16.7 Å². The van der Waals surface area contributed by atoms with E-state index in [1.807, 2.05) is 16.7 Å². The van der Waals surface area contributed by atoms with E-state index >= 15 is 0 Å². The van der Waals surface area contributed by atoms with Crippen molar-refractivity contribution in [3.05, 3.63) is 24.2 Å². The fraction of sp³-hybridized carbons (Fsp3) is 0.571. The van der Waals surface area contributed by atoms with Gasteiger partial charge in [0.25, 0.3) is 0 Å². The molecule has 2 saturated heterocycles. The molecule has 4 heterocycles. The molecule has 2 fully saturated rings. The third kappa shape index (κ3) is 2.06. The highest BCUT2D eigenvalue weighted by atomic mass is 32.2. The van der Waals surface area contributed by atoms with Crippen molar-refractivity contribution in [1.82, 2.24) is 19.9 Å². The van der Waals surface area contributed by atoms with Crippen LogP contribution >= 0.6 is 0 Å². The molecule has 2 aromatic heterocycles. The molecule has 112 valence electrons. The van der Waals surface area contributed by atoms with E-state index in [-0.39, 0.29) is 11.8 Å². The van der Waals surface area contributed by atoms with Gasteiger partial charge >= 0.3 is 0 Å². The van der Waals surface area contributed by atoms with Gasteiger partial charge in [0, 0.05) is 6.20 Å². The van der Waals surface area contributed by atoms with Crippen LogP contribution in [0.15, 0.2) is 18.3 Å². The van der Waals surface area contributed by atoms with Crippen LogP contribution in [0.5, 0.6) is 0 Å². The minimum atomic E-state index is -3.10. The Labute approximate surface area is 123 Å². The van der Waals surface area contributed by atoms with Crippen molar-refractivity contribution in [1.29, 1.82) is 0 Å². The third-order valence-corrected chi connectivity index (χ3v) is 6.56. The van der Waals surface area contributed by atoms with Crippen LogP contribution in [-0.4, -0.2) is 35.3 Å². The van der Waals surface area contributed by atoms with Gasteiger partial charge in [0.05, 0.1) is 11.8 Å². The summed E-state index contributed by atoms with van der Waals surface area (Å²) in [6.07, 6.45) is 5.17. The highest BCUT2D eigenvalue weighted by molar-refractivity contribution is 7.91. The van der Waals surface area contributed by atoms with E-state index in [2.05, 4.69) is 15.3 Å². The van der Waals surface area contributed by atoms with Gasteiger partial charge in [0.15, 0.2) is 15.5 Å². The minimum Gasteiger partial charge on any atom is -0.307 e. The summed E-state index contributed by atoms with van der Waals surface area (Å²) in [7, 11) is -3.10. The second kappa shape index (κ2) is 4.78. The molecule has 2 unspecified atom stereocenters. The molecule has 0 aliphatic carbocycles. The summed E-state index contributed by atoms with van der Waals surface area (Å²) in [5, 5.41) is 2.91. The van der Waals surface area contributed by atoms with Gasteiger partial charge in [-0.3, -0.25) is 4.57 Å². The van der Waals surface area contributed by atoms with Crippen LogP contribution in [0.2, 0.25) is 0 Å². The second-order valence-electron chi connectivity index (χ2n) is 5.80. The SMILES string of the molecule is O=S1(=O)CCCC1n1c(C2CCCN2)nc2cccnc21. The van der Waals surface area contributed by atoms with E-state index in [1.165, 1.54) is 0 Å². The first-order valence-electron chi connectivity index (χ1n) is 7.44. The van der Waals surface area contributed by atoms with E-state index in [4.69, 9.17) is 0 Å². The maximum absolute atomic E-state index is 12.4. The van der Waals surface area contributed by atoms with Gasteiger partial charge in [-0.1, -0.05) is 0 Å². The molecular weight excluding hydrogens is 288 g/mol. The molecular formula is C14H18N4O2S. The molecule has 2 aliphatic rings. The molecule has 7 heteroatoms. The van der Waals surface area contributed by atoms with E-state index in [0.717, 1.165) is 37.1 Å². The summed E-state index contributed by atoms with van der Waals surface area (Å²) >= 11 is 0. The van der Waals surface area contributed by atoms with Crippen molar-refractivity contribution in [3.63, 3.8) is 0 Å². The van der Waals surface area contributed by atoms with Crippen LogP contribution in [0.4, 0.5) is 0 Å². The van der Waals surface area contributed by atoms with Crippen molar-refractivity contribution < 1.29 is 8.42 Å². The number of rotatable bonds is 2. The maximum Gasteiger partial charge on any atom is 0.171 e. The summed E-state index contributed by atoms with van der Waals surface area (Å²) in [6, 6.07) is 3.88. The Morgan fingerprint density at radius 2 is 2.19 bits per heavy atom. The first-order valence-corrected chi connectivity index (χ1v) is 9.16. The van der Waals surface area contributed by atoms with E-state index in [0.29, 0.717) is 12.1 Å². The number of hydrogen-bond donors (Lipinski definition) is 1. The zero-order valence-corrected chi connectivity index (χ0v) is 12.5. The standard InChI is InChI=1S/C14H18N4O2S/c19-21(20)9-3-6-12(21)18-13-11(5-2-8-16-13)17-14(18)10-4-1-7-15-10/h2,5,8,10,12,15H,1,3-4,6-7,9H2. The van der Waals surface area contributed by atoms with Crippen molar-refractivity contribution in [2.75, 3.05) is 12.3 Å². The number of nitrogens with zero attached hydrogens (tertiary/aromatic N) is 3. The number of sulfone groups is 1. The normalized spacial score (nSPS) is 28.4. The van der Waals surface area contributed by atoms with Crippen molar-refractivity contribution >= 4 is 21.0 Å². The van der Waals surface area contributed by atoms with Crippen LogP contribution in [0.25, 0.3) is 11.2 Å². The van der Waals surface area contributed by atoms with E-state index in [9.17, 15) is 8.42 Å². The predicted molar refractivity (Wildman–Crippen MR) is 79.6 cm³/mol. The number of pyridine rings is 1. The maximum atomic E-state index is 12.4. The number of nitrogens with one attached hydrogen (secondary N) is 1. The predicted octanol–water partition coefficient (Wildman–Crippen LogP) is 1.56. The fourth-order valence-electron chi connectivity index (χ4n) is 3.45. The lowest BCUT2D eigenvalue weighted by molar-refractivity contribution is 0.515. The monoisotopic (exact) mass is 306 g/mol. The van der Waals surface area contributed by atoms with Gasteiger partial charge in [-0.05, 0) is 44.4 Å².